The van der Waals surface area contributed by atoms with Crippen molar-refractivity contribution < 1.29 is 14.5 Å². The molecular formula is C22H28N3O2+. The second-order valence-corrected chi connectivity index (χ2v) is 7.39. The van der Waals surface area contributed by atoms with E-state index >= 15 is 0 Å². The molecule has 1 saturated heterocycles. The van der Waals surface area contributed by atoms with Crippen molar-refractivity contribution >= 4 is 17.5 Å². The van der Waals surface area contributed by atoms with Crippen LogP contribution in [-0.4, -0.2) is 31.4 Å². The lowest BCUT2D eigenvalue weighted by Crippen LogP contribution is -3.14. The molecule has 3 N–H and O–H groups in total. The van der Waals surface area contributed by atoms with Crippen molar-refractivity contribution in [3.63, 3.8) is 0 Å². The maximum Gasteiger partial charge on any atom is 0.279 e. The van der Waals surface area contributed by atoms with E-state index in [1.54, 1.807) is 12.1 Å². The smallest absolute Gasteiger partial charge is 0.279 e. The van der Waals surface area contributed by atoms with Gasteiger partial charge in [0, 0.05) is 12.5 Å². The topological polar surface area (TPSA) is 62.6 Å². The van der Waals surface area contributed by atoms with E-state index in [-0.39, 0.29) is 11.8 Å². The Balaban J connectivity index is 1.59. The summed E-state index contributed by atoms with van der Waals surface area (Å²) in [6, 6.07) is 16.9. The molecule has 0 aromatic heterocycles. The molecule has 27 heavy (non-hydrogen) atoms. The third-order valence-electron chi connectivity index (χ3n) is 5.02. The van der Waals surface area contributed by atoms with Crippen molar-refractivity contribution in [2.75, 3.05) is 25.0 Å². The van der Waals surface area contributed by atoms with Gasteiger partial charge in [0.05, 0.1) is 24.3 Å². The van der Waals surface area contributed by atoms with E-state index in [0.29, 0.717) is 30.3 Å². The van der Waals surface area contributed by atoms with Gasteiger partial charge < -0.3 is 15.5 Å². The Labute approximate surface area is 160 Å². The van der Waals surface area contributed by atoms with Crippen LogP contribution in [0.25, 0.3) is 0 Å². The number of para-hydroxylation sites is 1. The third-order valence-corrected chi connectivity index (χ3v) is 5.02. The largest absolute Gasteiger partial charge is 0.348 e. The number of rotatable bonds is 6. The second kappa shape index (κ2) is 9.33. The number of amides is 2. The quantitative estimate of drug-likeness (QED) is 0.731. The number of benzene rings is 2. The van der Waals surface area contributed by atoms with Gasteiger partial charge in [-0.2, -0.15) is 0 Å². The number of anilines is 1. The van der Waals surface area contributed by atoms with Gasteiger partial charge in [-0.05, 0) is 30.5 Å². The lowest BCUT2D eigenvalue weighted by atomic mass is 10.0. The second-order valence-electron chi connectivity index (χ2n) is 7.39. The fourth-order valence-corrected chi connectivity index (χ4v) is 3.64. The molecule has 5 nitrogen and oxygen atoms in total. The molecule has 1 fully saturated rings. The number of carbonyl (C=O) groups excluding carboxylic acids is 2. The highest BCUT2D eigenvalue weighted by Gasteiger charge is 2.22. The van der Waals surface area contributed by atoms with Crippen molar-refractivity contribution in [2.45, 2.75) is 26.3 Å². The number of carbonyl (C=O) groups is 2. The average molecular weight is 366 g/mol. The van der Waals surface area contributed by atoms with Gasteiger partial charge in [0.25, 0.3) is 11.8 Å². The summed E-state index contributed by atoms with van der Waals surface area (Å²) in [5.74, 6) is 0.439. The Kier molecular flexibility index (Phi) is 6.60. The third kappa shape index (κ3) is 5.66. The highest BCUT2D eigenvalue weighted by atomic mass is 16.2. The van der Waals surface area contributed by atoms with Gasteiger partial charge in [-0.3, -0.25) is 9.59 Å². The summed E-state index contributed by atoms with van der Waals surface area (Å²) in [6.45, 7) is 5.22. The number of hydrogen-bond acceptors (Lipinski definition) is 2. The van der Waals surface area contributed by atoms with E-state index in [1.807, 2.05) is 42.5 Å². The lowest BCUT2D eigenvalue weighted by Gasteiger charge is -2.27. The van der Waals surface area contributed by atoms with Crippen LogP contribution < -0.4 is 15.5 Å². The molecule has 2 amide bonds. The highest BCUT2D eigenvalue weighted by molar-refractivity contribution is 6.03. The molecule has 5 heteroatoms. The molecule has 2 aromatic carbocycles. The zero-order valence-corrected chi connectivity index (χ0v) is 15.8. The maximum absolute atomic E-state index is 12.6. The number of piperidine rings is 1. The van der Waals surface area contributed by atoms with E-state index in [2.05, 4.69) is 17.6 Å². The first-order valence-corrected chi connectivity index (χ1v) is 9.66. The van der Waals surface area contributed by atoms with Gasteiger partial charge in [-0.15, -0.1) is 0 Å². The van der Waals surface area contributed by atoms with Crippen LogP contribution in [0.2, 0.25) is 0 Å². The molecule has 2 atom stereocenters. The lowest BCUT2D eigenvalue weighted by molar-refractivity contribution is -0.900. The van der Waals surface area contributed by atoms with E-state index in [1.165, 1.54) is 17.7 Å². The van der Waals surface area contributed by atoms with Crippen LogP contribution in [0.4, 0.5) is 5.69 Å². The normalized spacial score (nSPS) is 19.3. The average Bonchev–Trinajstić information content (AvgIpc) is 2.67. The Hall–Kier alpha value is -2.66. The maximum atomic E-state index is 12.6. The molecule has 2 aromatic rings. The molecule has 3 rings (SSSR count). The van der Waals surface area contributed by atoms with Gasteiger partial charge in [-0.25, -0.2) is 0 Å². The fraction of sp³-hybridized carbons (Fsp3) is 0.364. The predicted molar refractivity (Wildman–Crippen MR) is 107 cm³/mol. The van der Waals surface area contributed by atoms with E-state index in [0.717, 1.165) is 18.7 Å². The van der Waals surface area contributed by atoms with Crippen LogP contribution >= 0.6 is 0 Å². The van der Waals surface area contributed by atoms with E-state index < -0.39 is 0 Å². The minimum Gasteiger partial charge on any atom is -0.348 e. The standard InChI is InChI=1S/C22H27N3O2/c1-17-8-7-13-25(15-17)16-21(26)24-20-12-6-5-11-19(20)22(27)23-14-18-9-3-2-4-10-18/h2-6,9-12,17H,7-8,13-16H2,1H3,(H,23,27)(H,24,26)/p+1/t17-/m0/s1. The van der Waals surface area contributed by atoms with Crippen LogP contribution in [0.1, 0.15) is 35.7 Å². The van der Waals surface area contributed by atoms with Gasteiger partial charge >= 0.3 is 0 Å². The highest BCUT2D eigenvalue weighted by Crippen LogP contribution is 2.15. The van der Waals surface area contributed by atoms with Crippen LogP contribution in [0.15, 0.2) is 54.6 Å². The van der Waals surface area contributed by atoms with Crippen LogP contribution in [0, 0.1) is 5.92 Å². The summed E-state index contributed by atoms with van der Waals surface area (Å²) in [5.41, 5.74) is 2.09. The molecule has 1 aliphatic heterocycles. The molecule has 0 aliphatic carbocycles. The Bertz CT molecular complexity index is 776. The van der Waals surface area contributed by atoms with Crippen molar-refractivity contribution in [3.05, 3.63) is 65.7 Å². The van der Waals surface area contributed by atoms with Crippen molar-refractivity contribution in [1.82, 2.24) is 5.32 Å². The van der Waals surface area contributed by atoms with E-state index in [4.69, 9.17) is 0 Å². The van der Waals surface area contributed by atoms with Crippen LogP contribution in [-0.2, 0) is 11.3 Å². The molecule has 1 unspecified atom stereocenters. The van der Waals surface area contributed by atoms with Gasteiger partial charge in [0.15, 0.2) is 6.54 Å². The number of quaternary nitrogens is 1. The summed E-state index contributed by atoms with van der Waals surface area (Å²) < 4.78 is 0. The number of nitrogens with one attached hydrogen (secondary N) is 3. The number of likely N-dealkylation sites (tertiary alicyclic amines) is 1. The molecule has 142 valence electrons. The Morgan fingerprint density at radius 1 is 1.07 bits per heavy atom. The molecule has 0 spiro atoms. The Morgan fingerprint density at radius 2 is 1.81 bits per heavy atom. The summed E-state index contributed by atoms with van der Waals surface area (Å²) in [5, 5.41) is 5.85. The zero-order chi connectivity index (χ0) is 19.1. The van der Waals surface area contributed by atoms with Crippen LogP contribution in [0.5, 0.6) is 0 Å². The molecular weight excluding hydrogens is 338 g/mol. The minimum absolute atomic E-state index is 0.0394. The molecule has 0 bridgehead atoms. The Morgan fingerprint density at radius 3 is 2.59 bits per heavy atom. The SMILES string of the molecule is C[C@H]1CCC[NH+](CC(=O)Nc2ccccc2C(=O)NCc2ccccc2)C1. The first-order chi connectivity index (χ1) is 13.1. The van der Waals surface area contributed by atoms with Gasteiger partial charge in [0.1, 0.15) is 0 Å². The van der Waals surface area contributed by atoms with E-state index in [9.17, 15) is 9.59 Å². The summed E-state index contributed by atoms with van der Waals surface area (Å²) >= 11 is 0. The summed E-state index contributed by atoms with van der Waals surface area (Å²) in [4.78, 5) is 26.4. The van der Waals surface area contributed by atoms with Crippen molar-refractivity contribution in [2.24, 2.45) is 5.92 Å². The zero-order valence-electron chi connectivity index (χ0n) is 15.8. The molecule has 1 aliphatic rings. The monoisotopic (exact) mass is 366 g/mol. The fourth-order valence-electron chi connectivity index (χ4n) is 3.64. The molecule has 0 radical (unpaired) electrons. The van der Waals surface area contributed by atoms with Gasteiger partial charge in [0.2, 0.25) is 0 Å². The van der Waals surface area contributed by atoms with Crippen molar-refractivity contribution in [3.8, 4) is 0 Å². The van der Waals surface area contributed by atoms with Crippen LogP contribution in [0.3, 0.4) is 0 Å². The number of hydrogen-bond donors (Lipinski definition) is 3. The molecule has 0 saturated carbocycles. The minimum atomic E-state index is -0.186. The first-order valence-electron chi connectivity index (χ1n) is 9.66. The summed E-state index contributed by atoms with van der Waals surface area (Å²) in [6.07, 6.45) is 2.41. The predicted octanol–water partition coefficient (Wildman–Crippen LogP) is 1.87. The van der Waals surface area contributed by atoms with Crippen molar-refractivity contribution in [1.29, 1.82) is 0 Å². The van der Waals surface area contributed by atoms with Gasteiger partial charge in [-0.1, -0.05) is 49.4 Å². The summed E-state index contributed by atoms with van der Waals surface area (Å²) in [7, 11) is 0. The first kappa shape index (κ1) is 19.1. The molecule has 1 heterocycles.